The Morgan fingerprint density at radius 2 is 1.79 bits per heavy atom. The van der Waals surface area contributed by atoms with Crippen LogP contribution in [0.2, 0.25) is 0 Å². The van der Waals surface area contributed by atoms with Gasteiger partial charge in [-0.15, -0.1) is 0 Å². The topological polar surface area (TPSA) is 101 Å². The number of carbonyl (C=O) groups is 1. The third-order valence-corrected chi connectivity index (χ3v) is 7.29. The van der Waals surface area contributed by atoms with Crippen LogP contribution >= 0.6 is 0 Å². The maximum absolute atomic E-state index is 12.7. The number of hydrogen-bond donors (Lipinski definition) is 0. The van der Waals surface area contributed by atoms with Gasteiger partial charge < -0.3 is 9.64 Å². The van der Waals surface area contributed by atoms with Crippen molar-refractivity contribution in [2.75, 3.05) is 36.8 Å². The molecule has 0 bridgehead atoms. The number of nitrogens with zero attached hydrogens (tertiary/aromatic N) is 4. The second kappa shape index (κ2) is 9.32. The minimum atomic E-state index is -3.80. The van der Waals surface area contributed by atoms with Gasteiger partial charge in [-0.3, -0.25) is 14.0 Å². The van der Waals surface area contributed by atoms with Crippen LogP contribution in [-0.2, 0) is 26.2 Å². The Bertz CT molecular complexity index is 1340. The van der Waals surface area contributed by atoms with Crippen LogP contribution in [0.25, 0.3) is 5.65 Å². The molecule has 1 aromatic carbocycles. The molecule has 3 heterocycles. The Kier molecular flexibility index (Phi) is 6.48. The van der Waals surface area contributed by atoms with Crippen LogP contribution in [0.4, 0.5) is 5.69 Å². The average molecular weight is 471 g/mol. The molecule has 1 aliphatic heterocycles. The summed E-state index contributed by atoms with van der Waals surface area (Å²) in [5.74, 6) is -1.62. The number of ether oxygens (including phenoxy) is 1. The van der Waals surface area contributed by atoms with Crippen molar-refractivity contribution in [1.82, 2.24) is 13.7 Å². The van der Waals surface area contributed by atoms with Gasteiger partial charge >= 0.3 is 5.97 Å². The van der Waals surface area contributed by atoms with Gasteiger partial charge in [-0.25, -0.2) is 13.4 Å². The highest BCUT2D eigenvalue weighted by molar-refractivity contribution is 7.89. The van der Waals surface area contributed by atoms with Crippen molar-refractivity contribution in [1.29, 1.82) is 0 Å². The number of aromatic nitrogens is 2. The van der Waals surface area contributed by atoms with E-state index in [1.807, 2.05) is 38.1 Å². The highest BCUT2D eigenvalue weighted by Gasteiger charge is 2.29. The van der Waals surface area contributed by atoms with Gasteiger partial charge in [0.25, 0.3) is 5.56 Å². The molecule has 0 unspecified atom stereocenters. The van der Waals surface area contributed by atoms with Crippen LogP contribution in [-0.4, -0.2) is 60.0 Å². The SMILES string of the molecule is Cc1cccc(N2CCN(S(=O)(=O)CC(=O)OCc3cc(=O)n4cc(C)ccc4n3)CC2)c1. The number of sulfonamides is 1. The van der Waals surface area contributed by atoms with E-state index in [0.717, 1.165) is 16.8 Å². The predicted molar refractivity (Wildman–Crippen MR) is 125 cm³/mol. The molecule has 3 aromatic rings. The summed E-state index contributed by atoms with van der Waals surface area (Å²) in [4.78, 5) is 30.9. The van der Waals surface area contributed by atoms with E-state index in [1.165, 1.54) is 14.8 Å². The maximum Gasteiger partial charge on any atom is 0.322 e. The van der Waals surface area contributed by atoms with E-state index in [4.69, 9.17) is 4.74 Å². The first-order chi connectivity index (χ1) is 15.7. The van der Waals surface area contributed by atoms with Crippen LogP contribution < -0.4 is 10.5 Å². The summed E-state index contributed by atoms with van der Waals surface area (Å²) in [6, 6.07) is 12.9. The molecule has 174 valence electrons. The summed E-state index contributed by atoms with van der Waals surface area (Å²) in [5.41, 5.74) is 3.51. The van der Waals surface area contributed by atoms with Gasteiger partial charge in [-0.1, -0.05) is 18.2 Å². The zero-order chi connectivity index (χ0) is 23.6. The highest BCUT2D eigenvalue weighted by atomic mass is 32.2. The molecule has 0 saturated carbocycles. The fourth-order valence-electron chi connectivity index (χ4n) is 3.82. The van der Waals surface area contributed by atoms with Crippen molar-refractivity contribution in [2.45, 2.75) is 20.5 Å². The monoisotopic (exact) mass is 470 g/mol. The normalized spacial score (nSPS) is 15.0. The standard InChI is InChI=1S/C23H26N4O5S/c1-17-4-3-5-20(12-17)25-8-10-26(11-9-25)33(30,31)16-23(29)32-15-19-13-22(28)27-14-18(2)6-7-21(27)24-19/h3-7,12-14H,8-11,15-16H2,1-2H3. The molecule has 0 spiro atoms. The summed E-state index contributed by atoms with van der Waals surface area (Å²) in [6.45, 7) is 5.29. The van der Waals surface area contributed by atoms with Gasteiger partial charge in [-0.2, -0.15) is 4.31 Å². The van der Waals surface area contributed by atoms with Crippen LogP contribution in [0, 0.1) is 13.8 Å². The summed E-state index contributed by atoms with van der Waals surface area (Å²) in [6.07, 6.45) is 1.67. The molecule has 2 aromatic heterocycles. The third-order valence-electron chi connectivity index (χ3n) is 5.54. The van der Waals surface area contributed by atoms with E-state index in [0.29, 0.717) is 31.8 Å². The molecule has 4 rings (SSSR count). The fraction of sp³-hybridized carbons (Fsp3) is 0.348. The van der Waals surface area contributed by atoms with Crippen molar-refractivity contribution < 1.29 is 17.9 Å². The Labute approximate surface area is 192 Å². The number of rotatable bonds is 6. The largest absolute Gasteiger partial charge is 0.458 e. The maximum atomic E-state index is 12.7. The Morgan fingerprint density at radius 3 is 2.52 bits per heavy atom. The quantitative estimate of drug-likeness (QED) is 0.503. The minimum absolute atomic E-state index is 0.265. The van der Waals surface area contributed by atoms with Gasteiger partial charge in [0.05, 0.1) is 5.69 Å². The Morgan fingerprint density at radius 1 is 1.03 bits per heavy atom. The lowest BCUT2D eigenvalue weighted by molar-refractivity contribution is -0.141. The number of benzene rings is 1. The van der Waals surface area contributed by atoms with Gasteiger partial charge in [0.2, 0.25) is 10.0 Å². The van der Waals surface area contributed by atoms with Crippen LogP contribution in [0.1, 0.15) is 16.8 Å². The van der Waals surface area contributed by atoms with Gasteiger partial charge in [0, 0.05) is 44.1 Å². The smallest absolute Gasteiger partial charge is 0.322 e. The number of piperazine rings is 1. The summed E-state index contributed by atoms with van der Waals surface area (Å²) < 4.78 is 33.3. The lowest BCUT2D eigenvalue weighted by atomic mass is 10.2. The molecule has 33 heavy (non-hydrogen) atoms. The second-order valence-corrected chi connectivity index (χ2v) is 10.1. The molecule has 0 amide bonds. The van der Waals surface area contributed by atoms with Gasteiger partial charge in [-0.05, 0) is 43.2 Å². The molecule has 0 atom stereocenters. The van der Waals surface area contributed by atoms with E-state index < -0.39 is 21.7 Å². The molecule has 0 N–H and O–H groups in total. The zero-order valence-electron chi connectivity index (χ0n) is 18.6. The molecule has 1 saturated heterocycles. The Balaban J connectivity index is 1.33. The van der Waals surface area contributed by atoms with Crippen molar-refractivity contribution in [2.24, 2.45) is 0 Å². The zero-order valence-corrected chi connectivity index (χ0v) is 19.4. The highest BCUT2D eigenvalue weighted by Crippen LogP contribution is 2.19. The lowest BCUT2D eigenvalue weighted by Crippen LogP contribution is -2.50. The molecule has 0 radical (unpaired) electrons. The minimum Gasteiger partial charge on any atom is -0.458 e. The van der Waals surface area contributed by atoms with E-state index in [1.54, 1.807) is 12.3 Å². The van der Waals surface area contributed by atoms with Gasteiger partial charge in [0.15, 0.2) is 5.75 Å². The number of aryl methyl sites for hydroxylation is 2. The van der Waals surface area contributed by atoms with Crippen molar-refractivity contribution in [3.05, 3.63) is 75.8 Å². The summed E-state index contributed by atoms with van der Waals surface area (Å²) in [7, 11) is -3.80. The molecule has 0 aliphatic carbocycles. The number of pyridine rings is 1. The van der Waals surface area contributed by atoms with Crippen molar-refractivity contribution >= 4 is 27.3 Å². The summed E-state index contributed by atoms with van der Waals surface area (Å²) in [5, 5.41) is 0. The van der Waals surface area contributed by atoms with Crippen LogP contribution in [0.15, 0.2) is 53.5 Å². The lowest BCUT2D eigenvalue weighted by Gasteiger charge is -2.35. The Hall–Kier alpha value is -3.24. The first-order valence-electron chi connectivity index (χ1n) is 10.7. The number of anilines is 1. The van der Waals surface area contributed by atoms with E-state index in [9.17, 15) is 18.0 Å². The van der Waals surface area contributed by atoms with Crippen LogP contribution in [0.3, 0.4) is 0 Å². The average Bonchev–Trinajstić information content (AvgIpc) is 2.78. The molecular formula is C23H26N4O5S. The number of esters is 1. The van der Waals surface area contributed by atoms with E-state index in [2.05, 4.69) is 16.0 Å². The first-order valence-corrected chi connectivity index (χ1v) is 12.3. The van der Waals surface area contributed by atoms with E-state index >= 15 is 0 Å². The van der Waals surface area contributed by atoms with E-state index in [-0.39, 0.29) is 17.9 Å². The van der Waals surface area contributed by atoms with Crippen molar-refractivity contribution in [3.8, 4) is 0 Å². The fourth-order valence-corrected chi connectivity index (χ4v) is 5.10. The second-order valence-electron chi connectivity index (χ2n) is 8.16. The first kappa shape index (κ1) is 22.9. The van der Waals surface area contributed by atoms with Gasteiger partial charge in [0.1, 0.15) is 12.3 Å². The molecule has 1 fully saturated rings. The number of carbonyl (C=O) groups excluding carboxylic acids is 1. The molecule has 9 nitrogen and oxygen atoms in total. The number of hydrogen-bond acceptors (Lipinski definition) is 7. The number of fused-ring (bicyclic) bond motifs is 1. The molecular weight excluding hydrogens is 444 g/mol. The predicted octanol–water partition coefficient (Wildman–Crippen LogP) is 1.51. The molecule has 10 heteroatoms. The third kappa shape index (κ3) is 5.40. The molecule has 1 aliphatic rings. The summed E-state index contributed by atoms with van der Waals surface area (Å²) >= 11 is 0. The van der Waals surface area contributed by atoms with Crippen molar-refractivity contribution in [3.63, 3.8) is 0 Å². The van der Waals surface area contributed by atoms with Crippen LogP contribution in [0.5, 0.6) is 0 Å².